The summed E-state index contributed by atoms with van der Waals surface area (Å²) in [6.07, 6.45) is 2.82. The molecular weight excluding hydrogens is 741 g/mol. The molecule has 10 nitrogen and oxygen atoms in total. The lowest BCUT2D eigenvalue weighted by molar-refractivity contribution is -0.0806. The van der Waals surface area contributed by atoms with E-state index in [0.29, 0.717) is 6.04 Å². The van der Waals surface area contributed by atoms with Gasteiger partial charge in [-0.05, 0) is 42.4 Å². The summed E-state index contributed by atoms with van der Waals surface area (Å²) in [6, 6.07) is 24.6. The van der Waals surface area contributed by atoms with Crippen LogP contribution < -0.4 is 10.4 Å². The fourth-order valence-corrected chi connectivity index (χ4v) is 15.7. The molecule has 15 heteroatoms. The summed E-state index contributed by atoms with van der Waals surface area (Å²) in [5, 5.41) is 20.4. The maximum Gasteiger partial charge on any atom is 0.332 e. The predicted molar refractivity (Wildman–Crippen MR) is 221 cm³/mol. The van der Waals surface area contributed by atoms with Crippen LogP contribution in [0.3, 0.4) is 0 Å². The minimum atomic E-state index is -3.38. The van der Waals surface area contributed by atoms with E-state index in [9.17, 15) is 10.5 Å². The summed E-state index contributed by atoms with van der Waals surface area (Å²) in [4.78, 5) is 0. The summed E-state index contributed by atoms with van der Waals surface area (Å²) >= 11 is 0. The van der Waals surface area contributed by atoms with Crippen LogP contribution in [0.5, 0.6) is 0 Å². The van der Waals surface area contributed by atoms with Gasteiger partial charge in [0.15, 0.2) is 8.32 Å². The Morgan fingerprint density at radius 3 is 1.98 bits per heavy atom. The zero-order valence-corrected chi connectivity index (χ0v) is 36.8. The molecule has 0 aliphatic carbocycles. The predicted octanol–water partition coefficient (Wildman–Crippen LogP) is 8.07. The van der Waals surface area contributed by atoms with Crippen LogP contribution in [0, 0.1) is 22.7 Å². The largest absolute Gasteiger partial charge is 0.409 e. The average Bonchev–Trinajstić information content (AvgIpc) is 3.36. The van der Waals surface area contributed by atoms with Gasteiger partial charge in [0, 0.05) is 14.5 Å². The Labute approximate surface area is 324 Å². The Morgan fingerprint density at radius 2 is 1.49 bits per heavy atom. The number of nitrogens with zero attached hydrogens (tertiary/aromatic N) is 2. The zero-order valence-electron chi connectivity index (χ0n) is 34.0. The second kappa shape index (κ2) is 19.5. The van der Waals surface area contributed by atoms with Crippen molar-refractivity contribution in [2.75, 3.05) is 33.5 Å². The SMILES string of the molecule is [2H]CCOP(OCCC#N)OC[C@@]1(C[Si](c2ccccc2)(c2ccccc2)C(C)(C)C)O[C@@H]([B])[C@@H](O[Si](C)(C)C(C)(C)C)C1OP(=C)(OC)OCCC#N. The van der Waals surface area contributed by atoms with Gasteiger partial charge in [0.05, 0.1) is 57.5 Å². The topological polar surface area (TPSA) is 121 Å². The molecule has 1 aliphatic rings. The summed E-state index contributed by atoms with van der Waals surface area (Å²) in [5.41, 5.74) is -1.33. The molecule has 0 spiro atoms. The standard InChI is InChI=1S/C38H59BN2O8P2Si2/c1-12-43-50(44-27-19-25-40)45-29-38(30-53(37(5,6)7,31-21-15-13-16-22-31)32-23-17-14-18-24-32)34(48-51(9,42-8)46-28-20-26-41)33(35(39)47-38)49-52(10,11)36(2,3)4/h13-18,21-24,33-35H,9,12,19-20,27-30H2,1-8,10-11H3/t33-,34?,35+,38-,50?,51?/m0/s1/i1D. The highest BCUT2D eigenvalue weighted by Crippen LogP contribution is 2.57. The molecular formula is C38H59BN2O8P2Si2. The van der Waals surface area contributed by atoms with E-state index in [4.69, 9.17) is 45.5 Å². The van der Waals surface area contributed by atoms with Crippen molar-refractivity contribution in [3.8, 4) is 12.1 Å². The van der Waals surface area contributed by atoms with Gasteiger partial charge in [0.2, 0.25) is 0 Å². The van der Waals surface area contributed by atoms with Crippen LogP contribution in [0.2, 0.25) is 29.2 Å². The van der Waals surface area contributed by atoms with Crippen molar-refractivity contribution in [3.05, 3.63) is 60.7 Å². The van der Waals surface area contributed by atoms with E-state index in [1.165, 1.54) is 17.5 Å². The van der Waals surface area contributed by atoms with Crippen molar-refractivity contribution in [2.45, 2.75) is 114 Å². The van der Waals surface area contributed by atoms with Crippen molar-refractivity contribution in [2.24, 2.45) is 0 Å². The molecule has 1 heterocycles. The van der Waals surface area contributed by atoms with Crippen molar-refractivity contribution in [1.82, 2.24) is 0 Å². The van der Waals surface area contributed by atoms with E-state index in [1.807, 2.05) is 12.1 Å². The molecule has 0 amide bonds. The van der Waals surface area contributed by atoms with Crippen molar-refractivity contribution >= 4 is 57.1 Å². The number of hydrogen-bond acceptors (Lipinski definition) is 10. The van der Waals surface area contributed by atoms with E-state index in [1.54, 1.807) is 0 Å². The first-order valence-corrected chi connectivity index (χ1v) is 25.9. The molecule has 1 aliphatic heterocycles. The lowest BCUT2D eigenvalue weighted by Gasteiger charge is -2.50. The van der Waals surface area contributed by atoms with E-state index < -0.39 is 56.4 Å². The summed E-state index contributed by atoms with van der Waals surface area (Å²) in [5.74, 6) is 0. The van der Waals surface area contributed by atoms with Crippen LogP contribution in [-0.4, -0.2) is 87.9 Å². The molecule has 2 aromatic rings. The van der Waals surface area contributed by atoms with Gasteiger partial charge in [-0.3, -0.25) is 0 Å². The fraction of sp³-hybridized carbons (Fsp3) is 0.605. The first-order chi connectivity index (χ1) is 25.3. The molecule has 1 fully saturated rings. The summed E-state index contributed by atoms with van der Waals surface area (Å²) in [7, 11) is -2.37. The van der Waals surface area contributed by atoms with Crippen LogP contribution in [0.4, 0.5) is 0 Å². The Kier molecular flexibility index (Phi) is 16.2. The maximum atomic E-state index is 9.33. The maximum absolute atomic E-state index is 9.33. The van der Waals surface area contributed by atoms with Crippen molar-refractivity contribution in [1.29, 1.82) is 10.5 Å². The van der Waals surface area contributed by atoms with Gasteiger partial charge in [-0.1, -0.05) is 113 Å². The van der Waals surface area contributed by atoms with E-state index in [2.05, 4.69) is 122 Å². The molecule has 0 N–H and O–H groups in total. The third-order valence-electron chi connectivity index (χ3n) is 10.2. The molecule has 3 rings (SSSR count). The number of benzene rings is 2. The molecule has 6 atom stereocenters. The number of hydrogen-bond donors (Lipinski definition) is 0. The van der Waals surface area contributed by atoms with Crippen LogP contribution >= 0.6 is 16.2 Å². The van der Waals surface area contributed by atoms with E-state index in [0.717, 1.165) is 0 Å². The Hall–Kier alpha value is -1.67. The molecule has 290 valence electrons. The Morgan fingerprint density at radius 1 is 0.925 bits per heavy atom. The highest BCUT2D eigenvalue weighted by molar-refractivity contribution is 7.59. The first-order valence-electron chi connectivity index (χ1n) is 18.6. The normalized spacial score (nSPS) is 23.1. The molecule has 0 aromatic heterocycles. The lowest BCUT2D eigenvalue weighted by Crippen LogP contribution is -2.69. The third-order valence-corrected chi connectivity index (χ3v) is 23.8. The Bertz CT molecular complexity index is 1550. The molecule has 2 aromatic carbocycles. The van der Waals surface area contributed by atoms with Gasteiger partial charge in [-0.25, -0.2) is 0 Å². The minimum absolute atomic E-state index is 0.00503. The lowest BCUT2D eigenvalue weighted by atomic mass is 9.90. The molecule has 53 heavy (non-hydrogen) atoms. The average molecular weight is 802 g/mol. The van der Waals surface area contributed by atoms with Gasteiger partial charge in [0.1, 0.15) is 27.6 Å². The monoisotopic (exact) mass is 801 g/mol. The van der Waals surface area contributed by atoms with Crippen LogP contribution in [-0.2, 0) is 36.3 Å². The van der Waals surface area contributed by atoms with Gasteiger partial charge in [-0.2, -0.15) is 10.5 Å². The van der Waals surface area contributed by atoms with Gasteiger partial charge in [0.25, 0.3) is 7.57 Å². The molecule has 1 saturated heterocycles. The highest BCUT2D eigenvalue weighted by Gasteiger charge is 2.63. The second-order valence-electron chi connectivity index (χ2n) is 15.7. The molecule has 3 unspecified atom stereocenters. The van der Waals surface area contributed by atoms with Crippen molar-refractivity contribution in [3.63, 3.8) is 0 Å². The number of rotatable bonds is 20. The van der Waals surface area contributed by atoms with Crippen LogP contribution in [0.15, 0.2) is 60.7 Å². The van der Waals surface area contributed by atoms with Crippen molar-refractivity contribution < 1.29 is 37.7 Å². The van der Waals surface area contributed by atoms with Gasteiger partial charge < -0.3 is 36.3 Å². The number of nitriles is 2. The Balaban J connectivity index is 2.39. The molecule has 2 radical (unpaired) electrons. The quantitative estimate of drug-likeness (QED) is 0.0739. The molecule has 0 bridgehead atoms. The molecule has 0 saturated carbocycles. The second-order valence-corrected chi connectivity index (χ2v) is 28.5. The first kappa shape index (κ1) is 44.0. The van der Waals surface area contributed by atoms with E-state index in [-0.39, 0.29) is 56.2 Å². The zero-order chi connectivity index (χ0) is 40.3. The minimum Gasteiger partial charge on any atom is -0.409 e. The van der Waals surface area contributed by atoms with E-state index >= 15 is 0 Å². The number of ether oxygens (including phenoxy) is 1. The van der Waals surface area contributed by atoms with Gasteiger partial charge in [-0.15, -0.1) is 0 Å². The fourth-order valence-electron chi connectivity index (χ4n) is 6.43. The van der Waals surface area contributed by atoms with Crippen LogP contribution in [0.1, 0.15) is 62.7 Å². The highest BCUT2D eigenvalue weighted by atomic mass is 31.2. The smallest absolute Gasteiger partial charge is 0.332 e. The van der Waals surface area contributed by atoms with Gasteiger partial charge >= 0.3 is 8.60 Å². The third kappa shape index (κ3) is 11.2. The summed E-state index contributed by atoms with van der Waals surface area (Å²) in [6.45, 7) is 17.6. The summed E-state index contributed by atoms with van der Waals surface area (Å²) < 4.78 is 59.5. The van der Waals surface area contributed by atoms with Crippen LogP contribution in [0.25, 0.3) is 0 Å².